The number of anilines is 1. The molecule has 1 heterocycles. The Bertz CT molecular complexity index is 698. The summed E-state index contributed by atoms with van der Waals surface area (Å²) in [5, 5.41) is 12.5. The molecule has 23 heavy (non-hydrogen) atoms. The van der Waals surface area contributed by atoms with Crippen LogP contribution in [0.5, 0.6) is 11.5 Å². The molecule has 1 saturated carbocycles. The number of amides is 1. The van der Waals surface area contributed by atoms with Gasteiger partial charge in [0.25, 0.3) is 5.91 Å². The highest BCUT2D eigenvalue weighted by Crippen LogP contribution is 2.42. The van der Waals surface area contributed by atoms with Crippen molar-refractivity contribution in [3.8, 4) is 11.5 Å². The van der Waals surface area contributed by atoms with Crippen molar-refractivity contribution in [1.29, 1.82) is 0 Å². The molecule has 1 N–H and O–H groups in total. The van der Waals surface area contributed by atoms with E-state index < -0.39 is 0 Å². The van der Waals surface area contributed by atoms with Gasteiger partial charge in [-0.2, -0.15) is 0 Å². The van der Waals surface area contributed by atoms with Gasteiger partial charge in [0.2, 0.25) is 5.13 Å². The Morgan fingerprint density at radius 1 is 1.35 bits per heavy atom. The lowest BCUT2D eigenvalue weighted by molar-refractivity contribution is 0.102. The fourth-order valence-corrected chi connectivity index (χ4v) is 3.00. The zero-order valence-corrected chi connectivity index (χ0v) is 14.0. The van der Waals surface area contributed by atoms with Crippen LogP contribution >= 0.6 is 11.3 Å². The molecule has 0 saturated heterocycles. The number of aromatic nitrogens is 2. The average molecular weight is 333 g/mol. The number of benzene rings is 1. The molecule has 0 atom stereocenters. The summed E-state index contributed by atoms with van der Waals surface area (Å²) in [5.41, 5.74) is 0.494. The second-order valence-electron chi connectivity index (χ2n) is 5.39. The van der Waals surface area contributed by atoms with E-state index in [0.29, 0.717) is 34.7 Å². The van der Waals surface area contributed by atoms with Gasteiger partial charge in [-0.05, 0) is 37.5 Å². The molecule has 1 aromatic heterocycles. The summed E-state index contributed by atoms with van der Waals surface area (Å²) in [4.78, 5) is 12.3. The van der Waals surface area contributed by atoms with Crippen molar-refractivity contribution in [3.63, 3.8) is 0 Å². The first kappa shape index (κ1) is 15.7. The van der Waals surface area contributed by atoms with Gasteiger partial charge >= 0.3 is 0 Å². The second kappa shape index (κ2) is 6.95. The summed E-state index contributed by atoms with van der Waals surface area (Å²) in [5.74, 6) is 1.48. The van der Waals surface area contributed by atoms with Gasteiger partial charge in [0.05, 0.1) is 13.7 Å². The minimum absolute atomic E-state index is 0.233. The first-order valence-corrected chi connectivity index (χ1v) is 8.48. The first-order valence-electron chi connectivity index (χ1n) is 7.67. The van der Waals surface area contributed by atoms with Crippen molar-refractivity contribution < 1.29 is 14.3 Å². The molecule has 1 aromatic carbocycles. The molecular formula is C16H19N3O3S. The highest BCUT2D eigenvalue weighted by molar-refractivity contribution is 7.15. The molecule has 2 aromatic rings. The van der Waals surface area contributed by atoms with Gasteiger partial charge in [-0.1, -0.05) is 18.3 Å². The fraction of sp³-hybridized carbons (Fsp3) is 0.438. The summed E-state index contributed by atoms with van der Waals surface area (Å²) < 4.78 is 10.9. The Morgan fingerprint density at radius 2 is 2.17 bits per heavy atom. The summed E-state index contributed by atoms with van der Waals surface area (Å²) in [7, 11) is 1.56. The van der Waals surface area contributed by atoms with E-state index in [2.05, 4.69) is 15.5 Å². The largest absolute Gasteiger partial charge is 0.493 e. The van der Waals surface area contributed by atoms with E-state index >= 15 is 0 Å². The topological polar surface area (TPSA) is 73.3 Å². The molecule has 1 fully saturated rings. The summed E-state index contributed by atoms with van der Waals surface area (Å²) in [6.07, 6.45) is 3.24. The van der Waals surface area contributed by atoms with Crippen LogP contribution in [0.1, 0.15) is 47.5 Å². The highest BCUT2D eigenvalue weighted by atomic mass is 32.1. The van der Waals surface area contributed by atoms with Crippen molar-refractivity contribution in [3.05, 3.63) is 28.8 Å². The minimum Gasteiger partial charge on any atom is -0.493 e. The quantitative estimate of drug-likeness (QED) is 0.840. The maximum Gasteiger partial charge on any atom is 0.257 e. The number of carbonyl (C=O) groups is 1. The number of ether oxygens (including phenoxy) is 2. The van der Waals surface area contributed by atoms with Crippen molar-refractivity contribution in [2.45, 2.75) is 32.1 Å². The fourth-order valence-electron chi connectivity index (χ4n) is 2.09. The lowest BCUT2D eigenvalue weighted by Gasteiger charge is -2.11. The van der Waals surface area contributed by atoms with Crippen LogP contribution in [0.15, 0.2) is 18.2 Å². The van der Waals surface area contributed by atoms with E-state index in [-0.39, 0.29) is 5.91 Å². The van der Waals surface area contributed by atoms with E-state index in [9.17, 15) is 4.79 Å². The first-order chi connectivity index (χ1) is 11.2. The molecule has 3 rings (SSSR count). The van der Waals surface area contributed by atoms with Crippen molar-refractivity contribution in [2.75, 3.05) is 19.0 Å². The third-order valence-electron chi connectivity index (χ3n) is 3.48. The van der Waals surface area contributed by atoms with Gasteiger partial charge in [-0.3, -0.25) is 10.1 Å². The normalized spacial score (nSPS) is 13.7. The Morgan fingerprint density at radius 3 is 2.87 bits per heavy atom. The maximum absolute atomic E-state index is 12.3. The average Bonchev–Trinajstić information content (AvgIpc) is 3.32. The second-order valence-corrected chi connectivity index (χ2v) is 6.40. The van der Waals surface area contributed by atoms with Gasteiger partial charge in [-0.25, -0.2) is 0 Å². The molecule has 0 unspecified atom stereocenters. The number of nitrogens with zero attached hydrogens (tertiary/aromatic N) is 2. The van der Waals surface area contributed by atoms with Crippen LogP contribution in [0.2, 0.25) is 0 Å². The van der Waals surface area contributed by atoms with Gasteiger partial charge in [0.15, 0.2) is 11.5 Å². The number of hydrogen-bond donors (Lipinski definition) is 1. The summed E-state index contributed by atoms with van der Waals surface area (Å²) >= 11 is 1.44. The monoisotopic (exact) mass is 333 g/mol. The van der Waals surface area contributed by atoms with Crippen LogP contribution in [0, 0.1) is 0 Å². The van der Waals surface area contributed by atoms with Crippen molar-refractivity contribution in [2.24, 2.45) is 0 Å². The molecule has 0 aliphatic heterocycles. The summed E-state index contributed by atoms with van der Waals surface area (Å²) in [6.45, 7) is 2.64. The van der Waals surface area contributed by atoms with E-state index in [1.165, 1.54) is 24.2 Å². The molecule has 0 spiro atoms. The van der Waals surface area contributed by atoms with Gasteiger partial charge in [0.1, 0.15) is 5.01 Å². The lowest BCUT2D eigenvalue weighted by atomic mass is 10.2. The molecule has 122 valence electrons. The Labute approximate surface area is 138 Å². The van der Waals surface area contributed by atoms with Crippen LogP contribution in [0.4, 0.5) is 5.13 Å². The molecular weight excluding hydrogens is 314 g/mol. The number of hydrogen-bond acceptors (Lipinski definition) is 6. The van der Waals surface area contributed by atoms with Gasteiger partial charge in [-0.15, -0.1) is 10.2 Å². The van der Waals surface area contributed by atoms with Crippen LogP contribution in [-0.4, -0.2) is 29.8 Å². The van der Waals surface area contributed by atoms with E-state index in [1.807, 2.05) is 6.92 Å². The molecule has 0 bridgehead atoms. The lowest BCUT2D eigenvalue weighted by Crippen LogP contribution is -2.12. The maximum atomic E-state index is 12.3. The third-order valence-corrected chi connectivity index (χ3v) is 4.48. The zero-order valence-electron chi connectivity index (χ0n) is 13.2. The number of methoxy groups -OCH3 is 1. The SMILES string of the molecule is CCCOc1ccc(C(=O)Nc2nnc(C3CC3)s2)cc1OC. The van der Waals surface area contributed by atoms with Crippen LogP contribution in [0.25, 0.3) is 0 Å². The minimum atomic E-state index is -0.233. The molecule has 6 nitrogen and oxygen atoms in total. The molecule has 1 aliphatic rings. The van der Waals surface area contributed by atoms with Gasteiger partial charge < -0.3 is 9.47 Å². The zero-order chi connectivity index (χ0) is 16.2. The smallest absolute Gasteiger partial charge is 0.257 e. The molecule has 7 heteroatoms. The highest BCUT2D eigenvalue weighted by Gasteiger charge is 2.27. The number of carbonyl (C=O) groups excluding carboxylic acids is 1. The molecule has 1 aliphatic carbocycles. The van der Waals surface area contributed by atoms with E-state index in [4.69, 9.17) is 9.47 Å². The summed E-state index contributed by atoms with van der Waals surface area (Å²) in [6, 6.07) is 5.13. The molecule has 0 radical (unpaired) electrons. The third kappa shape index (κ3) is 3.79. The van der Waals surface area contributed by atoms with Gasteiger partial charge in [0, 0.05) is 11.5 Å². The Balaban J connectivity index is 1.70. The number of nitrogens with one attached hydrogen (secondary N) is 1. The predicted molar refractivity (Wildman–Crippen MR) is 88.6 cm³/mol. The van der Waals surface area contributed by atoms with Crippen LogP contribution < -0.4 is 14.8 Å². The van der Waals surface area contributed by atoms with Crippen LogP contribution in [-0.2, 0) is 0 Å². The predicted octanol–water partition coefficient (Wildman–Crippen LogP) is 3.47. The molecule has 1 amide bonds. The van der Waals surface area contributed by atoms with Crippen molar-refractivity contribution >= 4 is 22.4 Å². The van der Waals surface area contributed by atoms with E-state index in [1.54, 1.807) is 25.3 Å². The van der Waals surface area contributed by atoms with Crippen LogP contribution in [0.3, 0.4) is 0 Å². The van der Waals surface area contributed by atoms with E-state index in [0.717, 1.165) is 11.4 Å². The number of rotatable bonds is 7. The Hall–Kier alpha value is -2.15. The Kier molecular flexibility index (Phi) is 4.76. The standard InChI is InChI=1S/C16H19N3O3S/c1-3-8-22-12-7-6-11(9-13(12)21-2)14(20)17-16-19-18-15(23-16)10-4-5-10/h6-7,9-10H,3-5,8H2,1-2H3,(H,17,19,20). The van der Waals surface area contributed by atoms with Crippen molar-refractivity contribution in [1.82, 2.24) is 10.2 Å².